The second-order valence-electron chi connectivity index (χ2n) is 7.20. The average molecular weight is 371 g/mol. The number of nitrogens with one attached hydrogen (secondary N) is 2. The van der Waals surface area contributed by atoms with Gasteiger partial charge in [-0.15, -0.1) is 0 Å². The first-order chi connectivity index (χ1) is 12.9. The summed E-state index contributed by atoms with van der Waals surface area (Å²) in [7, 11) is 0. The Morgan fingerprint density at radius 2 is 1.81 bits per heavy atom. The number of aromatic nitrogens is 1. The molecule has 1 amide bonds. The Morgan fingerprint density at radius 1 is 1.19 bits per heavy atom. The van der Waals surface area contributed by atoms with Gasteiger partial charge in [-0.3, -0.25) is 14.5 Å². The molecule has 0 saturated carbocycles. The summed E-state index contributed by atoms with van der Waals surface area (Å²) >= 11 is 0. The number of carbonyl (C=O) groups is 2. The second-order valence-corrected chi connectivity index (χ2v) is 7.20. The van der Waals surface area contributed by atoms with Crippen molar-refractivity contribution in [3.05, 3.63) is 58.2 Å². The molecule has 1 atom stereocenters. The molecule has 1 saturated heterocycles. The molecule has 1 aliphatic rings. The third-order valence-corrected chi connectivity index (χ3v) is 5.31. The third kappa shape index (κ3) is 4.11. The van der Waals surface area contributed by atoms with E-state index in [0.717, 1.165) is 31.5 Å². The Kier molecular flexibility index (Phi) is 5.75. The summed E-state index contributed by atoms with van der Waals surface area (Å²) in [5.74, 6) is -0.547. The van der Waals surface area contributed by atoms with Gasteiger partial charge < -0.3 is 10.3 Å². The van der Waals surface area contributed by atoms with Crippen molar-refractivity contribution >= 4 is 11.7 Å². The van der Waals surface area contributed by atoms with Crippen LogP contribution in [-0.2, 0) is 0 Å². The summed E-state index contributed by atoms with van der Waals surface area (Å²) in [6, 6.07) is 6.49. The van der Waals surface area contributed by atoms with Crippen molar-refractivity contribution in [3.8, 4) is 0 Å². The van der Waals surface area contributed by atoms with Gasteiger partial charge in [-0.05, 0) is 63.0 Å². The Labute approximate surface area is 159 Å². The first-order valence-electron chi connectivity index (χ1n) is 9.36. The van der Waals surface area contributed by atoms with Crippen LogP contribution in [0.2, 0.25) is 0 Å². The topological polar surface area (TPSA) is 65.2 Å². The molecule has 0 bridgehead atoms. The largest absolute Gasteiger partial charge is 0.355 e. The third-order valence-electron chi connectivity index (χ3n) is 5.31. The molecule has 0 spiro atoms. The summed E-state index contributed by atoms with van der Waals surface area (Å²) in [5, 5.41) is 3.02. The Hall–Kier alpha value is -2.47. The fourth-order valence-electron chi connectivity index (χ4n) is 3.92. The average Bonchev–Trinajstić information content (AvgIpc) is 3.25. The second kappa shape index (κ2) is 8.05. The first kappa shape index (κ1) is 19.3. The minimum Gasteiger partial charge on any atom is -0.355 e. The number of nitrogens with zero attached hydrogens (tertiary/aromatic N) is 1. The van der Waals surface area contributed by atoms with E-state index in [4.69, 9.17) is 0 Å². The molecule has 0 radical (unpaired) electrons. The predicted octanol–water partition coefficient (Wildman–Crippen LogP) is 3.54. The quantitative estimate of drug-likeness (QED) is 0.764. The van der Waals surface area contributed by atoms with E-state index in [1.165, 1.54) is 19.1 Å². The first-order valence-corrected chi connectivity index (χ1v) is 9.36. The number of aromatic amines is 1. The van der Waals surface area contributed by atoms with Gasteiger partial charge in [0.1, 0.15) is 5.82 Å². The molecule has 1 aliphatic heterocycles. The number of H-pyrrole nitrogens is 1. The van der Waals surface area contributed by atoms with E-state index in [0.29, 0.717) is 29.1 Å². The number of rotatable bonds is 6. The molecule has 0 aliphatic carbocycles. The number of aryl methyl sites for hydroxylation is 1. The highest BCUT2D eigenvalue weighted by Gasteiger charge is 2.26. The van der Waals surface area contributed by atoms with Crippen LogP contribution in [-0.4, -0.2) is 41.2 Å². The molecule has 1 fully saturated rings. The fourth-order valence-corrected chi connectivity index (χ4v) is 3.92. The number of hydrogen-bond acceptors (Lipinski definition) is 3. The number of hydrogen-bond donors (Lipinski definition) is 2. The van der Waals surface area contributed by atoms with E-state index in [9.17, 15) is 14.0 Å². The lowest BCUT2D eigenvalue weighted by Crippen LogP contribution is -2.37. The molecule has 0 unspecified atom stereocenters. The van der Waals surface area contributed by atoms with E-state index in [1.54, 1.807) is 26.0 Å². The van der Waals surface area contributed by atoms with Gasteiger partial charge in [-0.2, -0.15) is 0 Å². The van der Waals surface area contributed by atoms with Crippen LogP contribution in [0.1, 0.15) is 63.5 Å². The van der Waals surface area contributed by atoms with Gasteiger partial charge in [0.25, 0.3) is 5.91 Å². The molecule has 2 heterocycles. The van der Waals surface area contributed by atoms with Crippen molar-refractivity contribution in [3.63, 3.8) is 0 Å². The zero-order valence-electron chi connectivity index (χ0n) is 16.1. The molecule has 2 aromatic rings. The van der Waals surface area contributed by atoms with E-state index in [2.05, 4.69) is 15.2 Å². The normalized spacial score (nSPS) is 15.7. The summed E-state index contributed by atoms with van der Waals surface area (Å²) in [6.45, 7) is 7.43. The van der Waals surface area contributed by atoms with Gasteiger partial charge in [-0.1, -0.05) is 12.1 Å². The zero-order chi connectivity index (χ0) is 19.6. The maximum atomic E-state index is 13.3. The zero-order valence-corrected chi connectivity index (χ0v) is 16.1. The van der Waals surface area contributed by atoms with E-state index < -0.39 is 0 Å². The monoisotopic (exact) mass is 371 g/mol. The van der Waals surface area contributed by atoms with Gasteiger partial charge in [0.15, 0.2) is 5.78 Å². The number of halogens is 1. The molecule has 1 aromatic carbocycles. The van der Waals surface area contributed by atoms with Crippen molar-refractivity contribution < 1.29 is 14.0 Å². The number of likely N-dealkylation sites (tertiary alicyclic amines) is 1. The van der Waals surface area contributed by atoms with Crippen LogP contribution in [0.5, 0.6) is 0 Å². The van der Waals surface area contributed by atoms with E-state index in [-0.39, 0.29) is 23.5 Å². The molecular weight excluding hydrogens is 345 g/mol. The van der Waals surface area contributed by atoms with Gasteiger partial charge >= 0.3 is 0 Å². The van der Waals surface area contributed by atoms with Crippen LogP contribution in [0.15, 0.2) is 24.3 Å². The summed E-state index contributed by atoms with van der Waals surface area (Å²) in [4.78, 5) is 29.8. The SMILES string of the molecule is CC(=O)c1[nH]c(C)c(C(=O)NC[C@@H](c2ccc(F)cc2)N2CCCC2)c1C. The lowest BCUT2D eigenvalue weighted by molar-refractivity contribution is 0.0936. The number of ketones is 1. The highest BCUT2D eigenvalue weighted by molar-refractivity contribution is 6.02. The summed E-state index contributed by atoms with van der Waals surface area (Å²) in [6.07, 6.45) is 2.26. The van der Waals surface area contributed by atoms with Gasteiger partial charge in [0, 0.05) is 19.2 Å². The smallest absolute Gasteiger partial charge is 0.253 e. The van der Waals surface area contributed by atoms with Crippen LogP contribution in [0.4, 0.5) is 4.39 Å². The standard InChI is InChI=1S/C21H26FN3O2/c1-13-19(14(2)24-20(13)15(3)26)21(27)23-12-18(25-10-4-5-11-25)16-6-8-17(22)9-7-16/h6-9,18,24H,4-5,10-12H2,1-3H3,(H,23,27)/t18-/m0/s1. The van der Waals surface area contributed by atoms with Crippen molar-refractivity contribution in [1.29, 1.82) is 0 Å². The molecule has 27 heavy (non-hydrogen) atoms. The molecule has 2 N–H and O–H groups in total. The fraction of sp³-hybridized carbons (Fsp3) is 0.429. The number of benzene rings is 1. The van der Waals surface area contributed by atoms with Crippen LogP contribution in [0.25, 0.3) is 0 Å². The lowest BCUT2D eigenvalue weighted by atomic mass is 10.0. The Morgan fingerprint density at radius 3 is 2.37 bits per heavy atom. The molecule has 3 rings (SSSR count). The summed E-state index contributed by atoms with van der Waals surface area (Å²) < 4.78 is 13.3. The Bertz CT molecular complexity index is 836. The minimum absolute atomic E-state index is 0.00359. The van der Waals surface area contributed by atoms with Gasteiger partial charge in [0.05, 0.1) is 17.3 Å². The number of carbonyl (C=O) groups excluding carboxylic acids is 2. The minimum atomic E-state index is -0.265. The molecular formula is C21H26FN3O2. The maximum absolute atomic E-state index is 13.3. The van der Waals surface area contributed by atoms with E-state index >= 15 is 0 Å². The Balaban J connectivity index is 1.78. The summed E-state index contributed by atoms with van der Waals surface area (Å²) in [5.41, 5.74) is 3.36. The van der Waals surface area contributed by atoms with Crippen molar-refractivity contribution in [2.24, 2.45) is 0 Å². The highest BCUT2D eigenvalue weighted by atomic mass is 19.1. The van der Waals surface area contributed by atoms with Gasteiger partial charge in [-0.25, -0.2) is 4.39 Å². The van der Waals surface area contributed by atoms with E-state index in [1.807, 2.05) is 0 Å². The van der Waals surface area contributed by atoms with Crippen LogP contribution in [0, 0.1) is 19.7 Å². The van der Waals surface area contributed by atoms with Crippen LogP contribution < -0.4 is 5.32 Å². The highest BCUT2D eigenvalue weighted by Crippen LogP contribution is 2.25. The molecule has 144 valence electrons. The number of amides is 1. The van der Waals surface area contributed by atoms with Crippen molar-refractivity contribution in [2.75, 3.05) is 19.6 Å². The van der Waals surface area contributed by atoms with Crippen molar-refractivity contribution in [1.82, 2.24) is 15.2 Å². The lowest BCUT2D eigenvalue weighted by Gasteiger charge is -2.28. The molecule has 6 heteroatoms. The van der Waals surface area contributed by atoms with Gasteiger partial charge in [0.2, 0.25) is 0 Å². The van der Waals surface area contributed by atoms with Crippen LogP contribution in [0.3, 0.4) is 0 Å². The number of Topliss-reactive ketones (excluding diaryl/α,β-unsaturated/α-hetero) is 1. The van der Waals surface area contributed by atoms with Crippen molar-refractivity contribution in [2.45, 2.75) is 39.7 Å². The predicted molar refractivity (Wildman–Crippen MR) is 103 cm³/mol. The van der Waals surface area contributed by atoms with Crippen LogP contribution >= 0.6 is 0 Å². The molecule has 5 nitrogen and oxygen atoms in total. The molecule has 1 aromatic heterocycles. The maximum Gasteiger partial charge on any atom is 0.253 e.